The predicted molar refractivity (Wildman–Crippen MR) is 99.6 cm³/mol. The highest BCUT2D eigenvalue weighted by atomic mass is 35.5. The lowest BCUT2D eigenvalue weighted by Gasteiger charge is -2.12. The fraction of sp³-hybridized carbons (Fsp3) is 0.278. The van der Waals surface area contributed by atoms with E-state index in [-0.39, 0.29) is 11.2 Å². The van der Waals surface area contributed by atoms with Gasteiger partial charge in [0.2, 0.25) is 5.91 Å². The normalized spacial score (nSPS) is 12.0. The number of rotatable bonds is 7. The van der Waals surface area contributed by atoms with Gasteiger partial charge in [-0.3, -0.25) is 4.79 Å². The molecule has 2 nitrogen and oxygen atoms in total. The number of hydrogen-bond donors (Lipinski definition) is 1. The lowest BCUT2D eigenvalue weighted by Crippen LogP contribution is -2.31. The first-order valence-corrected chi connectivity index (χ1v) is 9.13. The van der Waals surface area contributed by atoms with Crippen LogP contribution >= 0.6 is 35.0 Å². The van der Waals surface area contributed by atoms with E-state index in [4.69, 9.17) is 23.2 Å². The number of nitrogens with one attached hydrogen (secondary N) is 1. The molecule has 23 heavy (non-hydrogen) atoms. The number of hydrogen-bond acceptors (Lipinski definition) is 2. The van der Waals surface area contributed by atoms with E-state index in [1.165, 1.54) is 11.8 Å². The molecule has 0 saturated heterocycles. The number of halogens is 2. The van der Waals surface area contributed by atoms with Gasteiger partial charge in [0, 0.05) is 21.5 Å². The van der Waals surface area contributed by atoms with Crippen molar-refractivity contribution in [2.24, 2.45) is 0 Å². The van der Waals surface area contributed by atoms with Crippen molar-refractivity contribution in [3.8, 4) is 0 Å². The maximum atomic E-state index is 12.1. The van der Waals surface area contributed by atoms with Crippen LogP contribution in [0.5, 0.6) is 0 Å². The van der Waals surface area contributed by atoms with E-state index in [1.807, 2.05) is 55.5 Å². The Bertz CT molecular complexity index is 646. The van der Waals surface area contributed by atoms with Crippen LogP contribution in [0, 0.1) is 0 Å². The predicted octanol–water partition coefficient (Wildman–Crippen LogP) is 5.22. The Balaban J connectivity index is 1.72. The van der Waals surface area contributed by atoms with Gasteiger partial charge in [0.05, 0.1) is 5.25 Å². The van der Waals surface area contributed by atoms with E-state index in [0.717, 1.165) is 28.3 Å². The standard InChI is InChI=1S/C18H19Cl2NOS/c1-13(23-16-10-8-15(19)9-11-16)18(22)21-12-4-6-14-5-2-3-7-17(14)20/h2-3,5,7-11,13H,4,6,12H2,1H3,(H,21,22)/t13-/m0/s1. The van der Waals surface area contributed by atoms with Gasteiger partial charge in [0.1, 0.15) is 0 Å². The van der Waals surface area contributed by atoms with Crippen LogP contribution in [-0.4, -0.2) is 17.7 Å². The molecule has 2 rings (SSSR count). The number of thioether (sulfide) groups is 1. The molecule has 122 valence electrons. The summed E-state index contributed by atoms with van der Waals surface area (Å²) in [6.07, 6.45) is 1.73. The van der Waals surface area contributed by atoms with Crippen LogP contribution in [0.3, 0.4) is 0 Å². The van der Waals surface area contributed by atoms with Crippen LogP contribution in [0.1, 0.15) is 18.9 Å². The van der Waals surface area contributed by atoms with Crippen molar-refractivity contribution in [1.82, 2.24) is 5.32 Å². The summed E-state index contributed by atoms with van der Waals surface area (Å²) in [5, 5.41) is 4.32. The zero-order chi connectivity index (χ0) is 16.7. The van der Waals surface area contributed by atoms with Crippen LogP contribution in [0.15, 0.2) is 53.4 Å². The fourth-order valence-corrected chi connectivity index (χ4v) is 3.35. The Morgan fingerprint density at radius 1 is 1.13 bits per heavy atom. The van der Waals surface area contributed by atoms with Crippen molar-refractivity contribution in [3.63, 3.8) is 0 Å². The highest BCUT2D eigenvalue weighted by Crippen LogP contribution is 2.24. The van der Waals surface area contributed by atoms with Gasteiger partial charge in [-0.2, -0.15) is 0 Å². The van der Waals surface area contributed by atoms with Crippen LogP contribution in [0.4, 0.5) is 0 Å². The lowest BCUT2D eigenvalue weighted by atomic mass is 10.1. The number of aryl methyl sites for hydroxylation is 1. The summed E-state index contributed by atoms with van der Waals surface area (Å²) >= 11 is 13.5. The summed E-state index contributed by atoms with van der Waals surface area (Å²) in [6, 6.07) is 15.3. The molecule has 1 amide bonds. The minimum atomic E-state index is -0.142. The van der Waals surface area contributed by atoms with Gasteiger partial charge in [-0.25, -0.2) is 0 Å². The average Bonchev–Trinajstić information content (AvgIpc) is 2.55. The monoisotopic (exact) mass is 367 g/mol. The molecule has 2 aromatic rings. The van der Waals surface area contributed by atoms with Crippen molar-refractivity contribution >= 4 is 40.9 Å². The first-order chi connectivity index (χ1) is 11.1. The molecule has 0 aromatic heterocycles. The second-order valence-electron chi connectivity index (χ2n) is 5.20. The Hall–Kier alpha value is -1.16. The van der Waals surface area contributed by atoms with Gasteiger partial charge in [0.25, 0.3) is 0 Å². The first-order valence-electron chi connectivity index (χ1n) is 7.49. The van der Waals surface area contributed by atoms with E-state index in [2.05, 4.69) is 5.32 Å². The highest BCUT2D eigenvalue weighted by Gasteiger charge is 2.13. The lowest BCUT2D eigenvalue weighted by molar-refractivity contribution is -0.120. The summed E-state index contributed by atoms with van der Waals surface area (Å²) in [5.41, 5.74) is 1.12. The second-order valence-corrected chi connectivity index (χ2v) is 7.46. The van der Waals surface area contributed by atoms with Gasteiger partial charge in [-0.05, 0) is 55.7 Å². The van der Waals surface area contributed by atoms with Gasteiger partial charge in [0.15, 0.2) is 0 Å². The summed E-state index contributed by atoms with van der Waals surface area (Å²) in [6.45, 7) is 2.55. The summed E-state index contributed by atoms with van der Waals surface area (Å²) < 4.78 is 0. The van der Waals surface area contributed by atoms with Crippen LogP contribution in [0.2, 0.25) is 10.0 Å². The van der Waals surface area contributed by atoms with Crippen molar-refractivity contribution in [3.05, 3.63) is 64.1 Å². The van der Waals surface area contributed by atoms with Gasteiger partial charge < -0.3 is 5.32 Å². The fourth-order valence-electron chi connectivity index (χ4n) is 2.11. The molecule has 0 aliphatic heterocycles. The third-order valence-corrected chi connectivity index (χ3v) is 5.11. The Kier molecular flexibility index (Phi) is 7.28. The topological polar surface area (TPSA) is 29.1 Å². The largest absolute Gasteiger partial charge is 0.355 e. The third kappa shape index (κ3) is 6.09. The zero-order valence-electron chi connectivity index (χ0n) is 12.9. The smallest absolute Gasteiger partial charge is 0.233 e. The molecule has 1 N–H and O–H groups in total. The summed E-state index contributed by atoms with van der Waals surface area (Å²) in [5.74, 6) is 0.0455. The molecule has 0 spiro atoms. The molecular weight excluding hydrogens is 349 g/mol. The molecule has 0 fully saturated rings. The van der Waals surface area contributed by atoms with Gasteiger partial charge in [-0.15, -0.1) is 11.8 Å². The van der Waals surface area contributed by atoms with E-state index in [1.54, 1.807) is 0 Å². The molecule has 1 atom stereocenters. The molecule has 5 heteroatoms. The van der Waals surface area contributed by atoms with Crippen molar-refractivity contribution in [1.29, 1.82) is 0 Å². The van der Waals surface area contributed by atoms with Crippen LogP contribution < -0.4 is 5.32 Å². The number of carbonyl (C=O) groups is 1. The maximum Gasteiger partial charge on any atom is 0.233 e. The molecule has 0 unspecified atom stereocenters. The van der Waals surface area contributed by atoms with Gasteiger partial charge >= 0.3 is 0 Å². The van der Waals surface area contributed by atoms with E-state index in [0.29, 0.717) is 11.6 Å². The highest BCUT2D eigenvalue weighted by molar-refractivity contribution is 8.00. The van der Waals surface area contributed by atoms with E-state index < -0.39 is 0 Å². The number of benzene rings is 2. The van der Waals surface area contributed by atoms with Crippen molar-refractivity contribution in [2.45, 2.75) is 29.9 Å². The Labute approximate surface area is 151 Å². The van der Waals surface area contributed by atoms with Gasteiger partial charge in [-0.1, -0.05) is 41.4 Å². The first kappa shape index (κ1) is 18.2. The van der Waals surface area contributed by atoms with Crippen LogP contribution in [0.25, 0.3) is 0 Å². The number of carbonyl (C=O) groups excluding carboxylic acids is 1. The molecule has 0 aliphatic rings. The quantitative estimate of drug-likeness (QED) is 0.536. The van der Waals surface area contributed by atoms with E-state index >= 15 is 0 Å². The van der Waals surface area contributed by atoms with E-state index in [9.17, 15) is 4.79 Å². The minimum absolute atomic E-state index is 0.0455. The SMILES string of the molecule is C[C@H](Sc1ccc(Cl)cc1)C(=O)NCCCc1ccccc1Cl. The molecule has 0 radical (unpaired) electrons. The Morgan fingerprint density at radius 3 is 2.52 bits per heavy atom. The molecule has 0 heterocycles. The molecule has 2 aromatic carbocycles. The average molecular weight is 368 g/mol. The van der Waals surface area contributed by atoms with Crippen LogP contribution in [-0.2, 0) is 11.2 Å². The van der Waals surface area contributed by atoms with Crippen molar-refractivity contribution < 1.29 is 4.79 Å². The maximum absolute atomic E-state index is 12.1. The zero-order valence-corrected chi connectivity index (χ0v) is 15.2. The van der Waals surface area contributed by atoms with Crippen molar-refractivity contribution in [2.75, 3.05) is 6.54 Å². The second kappa shape index (κ2) is 9.21. The Morgan fingerprint density at radius 2 is 1.83 bits per heavy atom. The minimum Gasteiger partial charge on any atom is -0.355 e. The summed E-state index contributed by atoms with van der Waals surface area (Å²) in [7, 11) is 0. The molecular formula is C18H19Cl2NOS. The molecule has 0 bridgehead atoms. The third-order valence-electron chi connectivity index (χ3n) is 3.38. The molecule has 0 aliphatic carbocycles. The molecule has 0 saturated carbocycles. The summed E-state index contributed by atoms with van der Waals surface area (Å²) in [4.78, 5) is 13.1. The number of amides is 1.